The Bertz CT molecular complexity index is 582. The molecular weight excluding hydrogens is 360 g/mol. The Kier molecular flexibility index (Phi) is 5.07. The van der Waals surface area contributed by atoms with Crippen molar-refractivity contribution in [2.45, 2.75) is 33.4 Å². The van der Waals surface area contributed by atoms with Crippen LogP contribution in [0.3, 0.4) is 0 Å². The molecule has 1 N–H and O–H groups in total. The smallest absolute Gasteiger partial charge is 0.387 e. The fraction of sp³-hybridized carbons (Fsp3) is 0.533. The minimum atomic E-state index is -2.89. The minimum Gasteiger partial charge on any atom is -0.481 e. The zero-order valence-corrected chi connectivity index (χ0v) is 14.0. The highest BCUT2D eigenvalue weighted by molar-refractivity contribution is 9.10. The van der Waals surface area contributed by atoms with Crippen LogP contribution >= 0.6 is 15.9 Å². The number of ether oxygens (including phenoxy) is 1. The van der Waals surface area contributed by atoms with E-state index in [4.69, 9.17) is 0 Å². The van der Waals surface area contributed by atoms with Gasteiger partial charge in [0.05, 0.1) is 5.41 Å². The molecule has 122 valence electrons. The van der Waals surface area contributed by atoms with E-state index in [0.29, 0.717) is 37.2 Å². The molecule has 1 aromatic rings. The Morgan fingerprint density at radius 1 is 1.55 bits per heavy atom. The van der Waals surface area contributed by atoms with Gasteiger partial charge in [-0.2, -0.15) is 8.78 Å². The zero-order chi connectivity index (χ0) is 16.5. The van der Waals surface area contributed by atoms with Gasteiger partial charge in [0, 0.05) is 23.1 Å². The van der Waals surface area contributed by atoms with Crippen LogP contribution in [0.1, 0.15) is 24.5 Å². The Labute approximate surface area is 136 Å². The molecule has 0 radical (unpaired) electrons. The molecule has 0 saturated carbocycles. The number of benzene rings is 1. The first-order valence-electron chi connectivity index (χ1n) is 6.91. The van der Waals surface area contributed by atoms with Gasteiger partial charge < -0.3 is 9.84 Å². The summed E-state index contributed by atoms with van der Waals surface area (Å²) in [6, 6.07) is 3.45. The van der Waals surface area contributed by atoms with E-state index in [1.54, 1.807) is 26.0 Å². The van der Waals surface area contributed by atoms with Crippen LogP contribution in [0.25, 0.3) is 0 Å². The molecule has 1 heterocycles. The molecule has 1 atom stereocenters. The number of likely N-dealkylation sites (tertiary alicyclic amines) is 1. The zero-order valence-electron chi connectivity index (χ0n) is 12.4. The van der Waals surface area contributed by atoms with Crippen LogP contribution in [0, 0.1) is 12.3 Å². The van der Waals surface area contributed by atoms with E-state index >= 15 is 0 Å². The Balaban J connectivity index is 2.21. The highest BCUT2D eigenvalue weighted by Crippen LogP contribution is 2.35. The largest absolute Gasteiger partial charge is 0.481 e. The van der Waals surface area contributed by atoms with Crippen molar-refractivity contribution in [1.82, 2.24) is 4.90 Å². The van der Waals surface area contributed by atoms with E-state index in [2.05, 4.69) is 20.7 Å². The number of rotatable bonds is 5. The van der Waals surface area contributed by atoms with E-state index in [-0.39, 0.29) is 5.75 Å². The van der Waals surface area contributed by atoms with Gasteiger partial charge in [-0.25, -0.2) is 0 Å². The maximum Gasteiger partial charge on any atom is 0.387 e. The summed E-state index contributed by atoms with van der Waals surface area (Å²) in [5.74, 6) is -0.661. The number of carboxylic acids is 1. The van der Waals surface area contributed by atoms with Crippen LogP contribution < -0.4 is 4.74 Å². The first kappa shape index (κ1) is 17.1. The lowest BCUT2D eigenvalue weighted by Gasteiger charge is -2.22. The summed E-state index contributed by atoms with van der Waals surface area (Å²) >= 11 is 3.35. The van der Waals surface area contributed by atoms with Gasteiger partial charge in [0.2, 0.25) is 0 Å². The number of hydrogen-bond acceptors (Lipinski definition) is 3. The van der Waals surface area contributed by atoms with Crippen molar-refractivity contribution >= 4 is 21.9 Å². The SMILES string of the molecule is Cc1cc(Br)cc(CN2CCC(C)(C(=O)O)C2)c1OC(F)F. The normalized spacial score (nSPS) is 22.3. The summed E-state index contributed by atoms with van der Waals surface area (Å²) in [5, 5.41) is 9.26. The van der Waals surface area contributed by atoms with E-state index < -0.39 is 18.0 Å². The second-order valence-corrected chi connectivity index (χ2v) is 6.83. The van der Waals surface area contributed by atoms with Crippen molar-refractivity contribution in [2.75, 3.05) is 13.1 Å². The van der Waals surface area contributed by atoms with Gasteiger partial charge in [0.15, 0.2) is 0 Å². The van der Waals surface area contributed by atoms with E-state index in [9.17, 15) is 18.7 Å². The Hall–Kier alpha value is -1.21. The van der Waals surface area contributed by atoms with Crippen molar-refractivity contribution in [1.29, 1.82) is 0 Å². The van der Waals surface area contributed by atoms with Crippen molar-refractivity contribution in [2.24, 2.45) is 5.41 Å². The summed E-state index contributed by atoms with van der Waals surface area (Å²) in [6.45, 7) is 1.91. The highest BCUT2D eigenvalue weighted by Gasteiger charge is 2.40. The molecule has 22 heavy (non-hydrogen) atoms. The lowest BCUT2D eigenvalue weighted by molar-refractivity contribution is -0.147. The molecule has 1 aliphatic heterocycles. The second-order valence-electron chi connectivity index (χ2n) is 5.92. The van der Waals surface area contributed by atoms with Gasteiger partial charge in [-0.3, -0.25) is 9.69 Å². The second kappa shape index (κ2) is 6.50. The van der Waals surface area contributed by atoms with Crippen LogP contribution in [0.15, 0.2) is 16.6 Å². The predicted molar refractivity (Wildman–Crippen MR) is 81.1 cm³/mol. The number of hydrogen-bond donors (Lipinski definition) is 1. The number of alkyl halides is 2. The van der Waals surface area contributed by atoms with Gasteiger partial charge >= 0.3 is 12.6 Å². The van der Waals surface area contributed by atoms with Gasteiger partial charge in [-0.05, 0) is 44.5 Å². The molecule has 7 heteroatoms. The minimum absolute atomic E-state index is 0.169. The van der Waals surface area contributed by atoms with Gasteiger partial charge in [-0.15, -0.1) is 0 Å². The third-order valence-corrected chi connectivity index (χ3v) is 4.44. The molecule has 0 aliphatic carbocycles. The van der Waals surface area contributed by atoms with Crippen LogP contribution in [-0.4, -0.2) is 35.7 Å². The molecule has 4 nitrogen and oxygen atoms in total. The van der Waals surface area contributed by atoms with Crippen molar-refractivity contribution < 1.29 is 23.4 Å². The Morgan fingerprint density at radius 3 is 2.77 bits per heavy atom. The van der Waals surface area contributed by atoms with Gasteiger partial charge in [0.1, 0.15) is 5.75 Å². The van der Waals surface area contributed by atoms with Crippen LogP contribution in [0.5, 0.6) is 5.75 Å². The number of carboxylic acid groups (broad SMARTS) is 1. The molecule has 0 bridgehead atoms. The molecule has 0 aromatic heterocycles. The maximum atomic E-state index is 12.6. The van der Waals surface area contributed by atoms with Crippen molar-refractivity contribution in [3.8, 4) is 5.75 Å². The average molecular weight is 378 g/mol. The standard InChI is InChI=1S/C15H18BrF2NO3/c1-9-5-11(16)6-10(12(9)22-14(17)18)7-19-4-3-15(2,8-19)13(20)21/h5-6,14H,3-4,7-8H2,1-2H3,(H,20,21). The summed E-state index contributed by atoms with van der Waals surface area (Å²) in [6.07, 6.45) is 0.542. The first-order chi connectivity index (χ1) is 10.2. The quantitative estimate of drug-likeness (QED) is 0.850. The van der Waals surface area contributed by atoms with Crippen molar-refractivity contribution in [3.05, 3.63) is 27.7 Å². The van der Waals surface area contributed by atoms with Gasteiger partial charge in [0.25, 0.3) is 0 Å². The maximum absolute atomic E-state index is 12.6. The number of halogens is 3. The summed E-state index contributed by atoms with van der Waals surface area (Å²) < 4.78 is 30.6. The lowest BCUT2D eigenvalue weighted by Crippen LogP contribution is -2.31. The molecule has 1 aromatic carbocycles. The number of aryl methyl sites for hydroxylation is 1. The third-order valence-electron chi connectivity index (χ3n) is 3.99. The number of carbonyl (C=O) groups is 1. The van der Waals surface area contributed by atoms with E-state index in [1.807, 2.05) is 4.90 Å². The summed E-state index contributed by atoms with van der Waals surface area (Å²) in [7, 11) is 0. The topological polar surface area (TPSA) is 49.8 Å². The molecule has 1 fully saturated rings. The summed E-state index contributed by atoms with van der Waals surface area (Å²) in [4.78, 5) is 13.2. The fourth-order valence-electron chi connectivity index (χ4n) is 2.78. The molecule has 0 spiro atoms. The van der Waals surface area contributed by atoms with Crippen molar-refractivity contribution in [3.63, 3.8) is 0 Å². The average Bonchev–Trinajstić information content (AvgIpc) is 2.76. The predicted octanol–water partition coefficient (Wildman–Crippen LogP) is 3.66. The lowest BCUT2D eigenvalue weighted by atomic mass is 9.90. The molecule has 1 saturated heterocycles. The van der Waals surface area contributed by atoms with Crippen LogP contribution in [0.2, 0.25) is 0 Å². The summed E-state index contributed by atoms with van der Waals surface area (Å²) in [5.41, 5.74) is 0.455. The van der Waals surface area contributed by atoms with Crippen LogP contribution in [-0.2, 0) is 11.3 Å². The molecule has 0 amide bonds. The monoisotopic (exact) mass is 377 g/mol. The van der Waals surface area contributed by atoms with Gasteiger partial charge in [-0.1, -0.05) is 15.9 Å². The van der Waals surface area contributed by atoms with Crippen LogP contribution in [0.4, 0.5) is 8.78 Å². The third kappa shape index (κ3) is 3.76. The molecule has 1 aliphatic rings. The Morgan fingerprint density at radius 2 is 2.23 bits per heavy atom. The number of nitrogens with zero attached hydrogens (tertiary/aromatic N) is 1. The number of aliphatic carboxylic acids is 1. The van der Waals surface area contributed by atoms with E-state index in [0.717, 1.165) is 4.47 Å². The highest BCUT2D eigenvalue weighted by atomic mass is 79.9. The fourth-order valence-corrected chi connectivity index (χ4v) is 3.40. The molecular formula is C15H18BrF2NO3. The first-order valence-corrected chi connectivity index (χ1v) is 7.70. The van der Waals surface area contributed by atoms with E-state index in [1.165, 1.54) is 0 Å². The molecule has 1 unspecified atom stereocenters. The molecule has 2 rings (SSSR count).